The first kappa shape index (κ1) is 16.3. The number of nitrogens with two attached hydrogens (primary N) is 2. The molecule has 1 aromatic rings. The molecule has 0 heterocycles. The highest BCUT2D eigenvalue weighted by molar-refractivity contribution is 5.97. The van der Waals surface area contributed by atoms with Crippen LogP contribution >= 0.6 is 0 Å². The Morgan fingerprint density at radius 2 is 1.95 bits per heavy atom. The van der Waals surface area contributed by atoms with Gasteiger partial charge in [-0.3, -0.25) is 9.59 Å². The average Bonchev–Trinajstić information content (AvgIpc) is 2.49. The summed E-state index contributed by atoms with van der Waals surface area (Å²) >= 11 is 0. The summed E-state index contributed by atoms with van der Waals surface area (Å²) in [4.78, 5) is 23.9. The molecule has 5 nitrogen and oxygen atoms in total. The van der Waals surface area contributed by atoms with Crippen molar-refractivity contribution in [1.82, 2.24) is 5.32 Å². The number of benzene rings is 1. The van der Waals surface area contributed by atoms with Gasteiger partial charge >= 0.3 is 0 Å². The number of rotatable bonds is 5. The van der Waals surface area contributed by atoms with Gasteiger partial charge in [0.2, 0.25) is 5.91 Å². The predicted octanol–water partition coefficient (Wildman–Crippen LogP) is 2.13. The number of nitrogens with one attached hydrogen (secondary N) is 1. The van der Waals surface area contributed by atoms with Gasteiger partial charge in [-0.2, -0.15) is 0 Å². The second-order valence-corrected chi connectivity index (χ2v) is 6.22. The maximum absolute atomic E-state index is 12.5. The Morgan fingerprint density at radius 3 is 2.59 bits per heavy atom. The normalized spacial score (nSPS) is 17.0. The van der Waals surface area contributed by atoms with Crippen LogP contribution in [0.5, 0.6) is 0 Å². The number of carbonyl (C=O) groups excluding carboxylic acids is 2. The molecular formula is C17H25N3O2. The van der Waals surface area contributed by atoms with Crippen LogP contribution in [0.1, 0.15) is 54.4 Å². The van der Waals surface area contributed by atoms with Gasteiger partial charge in [-0.05, 0) is 43.4 Å². The zero-order valence-electron chi connectivity index (χ0n) is 13.1. The number of amides is 2. The molecule has 0 aromatic heterocycles. The van der Waals surface area contributed by atoms with Gasteiger partial charge in [0.1, 0.15) is 0 Å². The SMILES string of the molecule is Cc1ccc(N)cc1C(=O)NC(CC(N)=O)C1CCCCC1. The van der Waals surface area contributed by atoms with Crippen LogP contribution in [-0.2, 0) is 4.79 Å². The van der Waals surface area contributed by atoms with Gasteiger partial charge in [0, 0.05) is 23.7 Å². The van der Waals surface area contributed by atoms with Crippen molar-refractivity contribution >= 4 is 17.5 Å². The van der Waals surface area contributed by atoms with E-state index in [4.69, 9.17) is 11.5 Å². The van der Waals surface area contributed by atoms with Crippen molar-refractivity contribution < 1.29 is 9.59 Å². The van der Waals surface area contributed by atoms with E-state index in [1.165, 1.54) is 6.42 Å². The van der Waals surface area contributed by atoms with Crippen LogP contribution < -0.4 is 16.8 Å². The Kier molecular flexibility index (Phi) is 5.41. The molecule has 5 heteroatoms. The summed E-state index contributed by atoms with van der Waals surface area (Å²) < 4.78 is 0. The van der Waals surface area contributed by atoms with Crippen LogP contribution in [0.15, 0.2) is 18.2 Å². The molecule has 0 bridgehead atoms. The van der Waals surface area contributed by atoms with E-state index in [0.29, 0.717) is 17.2 Å². The van der Waals surface area contributed by atoms with Crippen molar-refractivity contribution in [2.24, 2.45) is 11.7 Å². The fourth-order valence-corrected chi connectivity index (χ4v) is 3.22. The van der Waals surface area contributed by atoms with E-state index in [-0.39, 0.29) is 24.3 Å². The highest BCUT2D eigenvalue weighted by Gasteiger charge is 2.27. The summed E-state index contributed by atoms with van der Waals surface area (Å²) in [6, 6.07) is 5.08. The minimum absolute atomic E-state index is 0.179. The number of hydrogen-bond acceptors (Lipinski definition) is 3. The second-order valence-electron chi connectivity index (χ2n) is 6.22. The molecule has 1 unspecified atom stereocenters. The molecule has 2 amide bonds. The summed E-state index contributed by atoms with van der Waals surface area (Å²) in [6.07, 6.45) is 5.78. The fourth-order valence-electron chi connectivity index (χ4n) is 3.22. The molecule has 120 valence electrons. The van der Waals surface area contributed by atoms with Gasteiger partial charge in [0.25, 0.3) is 5.91 Å². The monoisotopic (exact) mass is 303 g/mol. The van der Waals surface area contributed by atoms with E-state index in [9.17, 15) is 9.59 Å². The standard InChI is InChI=1S/C17H25N3O2/c1-11-7-8-13(18)9-14(11)17(22)20-15(10-16(19)21)12-5-3-2-4-6-12/h7-9,12,15H,2-6,10,18H2,1H3,(H2,19,21)(H,20,22). The third-order valence-electron chi connectivity index (χ3n) is 4.46. The maximum Gasteiger partial charge on any atom is 0.251 e. The van der Waals surface area contributed by atoms with Crippen molar-refractivity contribution in [3.05, 3.63) is 29.3 Å². The van der Waals surface area contributed by atoms with E-state index >= 15 is 0 Å². The quantitative estimate of drug-likeness (QED) is 0.727. The summed E-state index contributed by atoms with van der Waals surface area (Å²) in [5.74, 6) is -0.228. The molecule has 2 rings (SSSR count). The lowest BCUT2D eigenvalue weighted by Gasteiger charge is -2.30. The minimum Gasteiger partial charge on any atom is -0.399 e. The van der Waals surface area contributed by atoms with Gasteiger partial charge in [-0.15, -0.1) is 0 Å². The lowest BCUT2D eigenvalue weighted by molar-refractivity contribution is -0.118. The van der Waals surface area contributed by atoms with Gasteiger partial charge in [0.15, 0.2) is 0 Å². The van der Waals surface area contributed by atoms with Crippen LogP contribution in [0.4, 0.5) is 5.69 Å². The highest BCUT2D eigenvalue weighted by Crippen LogP contribution is 2.28. The number of nitrogen functional groups attached to an aromatic ring is 1. The predicted molar refractivity (Wildman–Crippen MR) is 87.2 cm³/mol. The van der Waals surface area contributed by atoms with Crippen LogP contribution in [0.2, 0.25) is 0 Å². The lowest BCUT2D eigenvalue weighted by atomic mass is 9.82. The largest absolute Gasteiger partial charge is 0.399 e. The number of primary amides is 1. The smallest absolute Gasteiger partial charge is 0.251 e. The molecule has 1 aromatic carbocycles. The van der Waals surface area contributed by atoms with E-state index in [1.807, 2.05) is 13.0 Å². The Morgan fingerprint density at radius 1 is 1.27 bits per heavy atom. The number of hydrogen-bond donors (Lipinski definition) is 3. The van der Waals surface area contributed by atoms with Crippen LogP contribution in [0.25, 0.3) is 0 Å². The molecule has 1 fully saturated rings. The molecule has 1 aliphatic rings. The van der Waals surface area contributed by atoms with E-state index in [0.717, 1.165) is 31.2 Å². The van der Waals surface area contributed by atoms with Gasteiger partial charge in [0.05, 0.1) is 0 Å². The van der Waals surface area contributed by atoms with Gasteiger partial charge in [-0.25, -0.2) is 0 Å². The summed E-state index contributed by atoms with van der Waals surface area (Å²) in [7, 11) is 0. The molecule has 0 saturated heterocycles. The van der Waals surface area contributed by atoms with Crippen molar-refractivity contribution in [3.63, 3.8) is 0 Å². The third kappa shape index (κ3) is 4.23. The summed E-state index contributed by atoms with van der Waals surface area (Å²) in [5.41, 5.74) is 13.1. The molecule has 5 N–H and O–H groups in total. The first-order valence-corrected chi connectivity index (χ1v) is 7.92. The van der Waals surface area contributed by atoms with Crippen LogP contribution in [0.3, 0.4) is 0 Å². The van der Waals surface area contributed by atoms with Crippen LogP contribution in [-0.4, -0.2) is 17.9 Å². The van der Waals surface area contributed by atoms with Crippen molar-refractivity contribution in [3.8, 4) is 0 Å². The van der Waals surface area contributed by atoms with Gasteiger partial charge < -0.3 is 16.8 Å². The Hall–Kier alpha value is -2.04. The van der Waals surface area contributed by atoms with Gasteiger partial charge in [-0.1, -0.05) is 25.3 Å². The van der Waals surface area contributed by atoms with E-state index < -0.39 is 0 Å². The Labute approximate surface area is 131 Å². The molecule has 1 aliphatic carbocycles. The van der Waals surface area contributed by atoms with Crippen molar-refractivity contribution in [2.45, 2.75) is 51.5 Å². The molecule has 0 radical (unpaired) electrons. The zero-order valence-corrected chi connectivity index (χ0v) is 13.1. The molecule has 1 atom stereocenters. The zero-order chi connectivity index (χ0) is 16.1. The molecule has 1 saturated carbocycles. The first-order chi connectivity index (χ1) is 10.5. The van der Waals surface area contributed by atoms with Crippen molar-refractivity contribution in [1.29, 1.82) is 0 Å². The highest BCUT2D eigenvalue weighted by atomic mass is 16.2. The van der Waals surface area contributed by atoms with Crippen LogP contribution in [0, 0.1) is 12.8 Å². The third-order valence-corrected chi connectivity index (χ3v) is 4.46. The average molecular weight is 303 g/mol. The van der Waals surface area contributed by atoms with Crippen molar-refractivity contribution in [2.75, 3.05) is 5.73 Å². The topological polar surface area (TPSA) is 98.2 Å². The second kappa shape index (κ2) is 7.29. The number of carbonyl (C=O) groups is 2. The number of aryl methyl sites for hydroxylation is 1. The first-order valence-electron chi connectivity index (χ1n) is 7.92. The summed E-state index contributed by atoms with van der Waals surface area (Å²) in [5, 5.41) is 3.01. The molecule has 0 spiro atoms. The molecule has 22 heavy (non-hydrogen) atoms. The lowest BCUT2D eigenvalue weighted by Crippen LogP contribution is -2.43. The fraction of sp³-hybridized carbons (Fsp3) is 0.529. The van der Waals surface area contributed by atoms with E-state index in [1.54, 1.807) is 12.1 Å². The Balaban J connectivity index is 2.13. The Bertz CT molecular complexity index is 551. The minimum atomic E-state index is -0.375. The van der Waals surface area contributed by atoms with E-state index in [2.05, 4.69) is 5.32 Å². The summed E-state index contributed by atoms with van der Waals surface area (Å²) in [6.45, 7) is 1.87. The molecule has 0 aliphatic heterocycles. The maximum atomic E-state index is 12.5. The molecular weight excluding hydrogens is 278 g/mol. The number of anilines is 1.